The molecule has 1 aromatic heterocycles. The predicted octanol–water partition coefficient (Wildman–Crippen LogP) is 0.859. The number of hydrogen-bond acceptors (Lipinski definition) is 4. The Kier molecular flexibility index (Phi) is 2.69. The van der Waals surface area contributed by atoms with Crippen LogP contribution in [0.1, 0.15) is 12.5 Å². The van der Waals surface area contributed by atoms with E-state index in [1.54, 1.807) is 20.4 Å². The molecule has 0 saturated carbocycles. The monoisotopic (exact) mass is 197 g/mol. The molecule has 1 N–H and O–H groups in total. The average molecular weight is 197 g/mol. The van der Waals surface area contributed by atoms with Crippen molar-refractivity contribution in [2.45, 2.75) is 18.8 Å². The number of rotatable bonds is 3. The van der Waals surface area contributed by atoms with Gasteiger partial charge in [-0.25, -0.2) is 4.98 Å². The van der Waals surface area contributed by atoms with Crippen molar-refractivity contribution < 1.29 is 9.47 Å². The van der Waals surface area contributed by atoms with Crippen LogP contribution in [0, 0.1) is 0 Å². The molecule has 0 spiro atoms. The van der Waals surface area contributed by atoms with Gasteiger partial charge in [-0.05, 0) is 6.42 Å². The van der Waals surface area contributed by atoms with Crippen LogP contribution in [0.4, 0.5) is 5.95 Å². The predicted molar refractivity (Wildman–Crippen MR) is 52.2 cm³/mol. The van der Waals surface area contributed by atoms with E-state index >= 15 is 0 Å². The maximum absolute atomic E-state index is 5.27. The van der Waals surface area contributed by atoms with Gasteiger partial charge in [0.25, 0.3) is 0 Å². The number of fused-ring (bicyclic) bond motifs is 1. The zero-order valence-corrected chi connectivity index (χ0v) is 8.43. The normalized spacial score (nSPS) is 20.6. The standard InChI is InChI=1S/C9H15N3O2/c1-13-8(14-2)7-3-4-10-9-11-5-6-12(7)9/h5-8H,3-4H2,1-2H3,(H,10,11). The Labute approximate surface area is 83.0 Å². The third-order valence-corrected chi connectivity index (χ3v) is 2.53. The van der Waals surface area contributed by atoms with E-state index in [0.717, 1.165) is 18.9 Å². The third kappa shape index (κ3) is 1.49. The Bertz CT molecular complexity index is 296. The molecule has 1 aliphatic rings. The summed E-state index contributed by atoms with van der Waals surface area (Å²) in [5.74, 6) is 0.889. The van der Waals surface area contributed by atoms with Crippen LogP contribution in [0.3, 0.4) is 0 Å². The highest BCUT2D eigenvalue weighted by Gasteiger charge is 2.27. The topological polar surface area (TPSA) is 48.3 Å². The number of nitrogens with zero attached hydrogens (tertiary/aromatic N) is 2. The zero-order chi connectivity index (χ0) is 9.97. The average Bonchev–Trinajstić information content (AvgIpc) is 2.68. The lowest BCUT2D eigenvalue weighted by Crippen LogP contribution is -2.33. The summed E-state index contributed by atoms with van der Waals surface area (Å²) in [5, 5.41) is 3.22. The van der Waals surface area contributed by atoms with Crippen molar-refractivity contribution in [3.8, 4) is 0 Å². The van der Waals surface area contributed by atoms with Gasteiger partial charge in [0.05, 0.1) is 6.04 Å². The molecule has 1 unspecified atom stereocenters. The van der Waals surface area contributed by atoms with Gasteiger partial charge in [-0.2, -0.15) is 0 Å². The second-order valence-electron chi connectivity index (χ2n) is 3.28. The van der Waals surface area contributed by atoms with Crippen LogP contribution >= 0.6 is 0 Å². The molecule has 5 heteroatoms. The summed E-state index contributed by atoms with van der Waals surface area (Å²) in [6.07, 6.45) is 4.50. The number of nitrogens with one attached hydrogen (secondary N) is 1. The summed E-state index contributed by atoms with van der Waals surface area (Å²) < 4.78 is 12.6. The van der Waals surface area contributed by atoms with Crippen LogP contribution in [0.2, 0.25) is 0 Å². The van der Waals surface area contributed by atoms with Crippen LogP contribution in [0.25, 0.3) is 0 Å². The molecule has 5 nitrogen and oxygen atoms in total. The molecule has 0 aliphatic carbocycles. The molecule has 0 saturated heterocycles. The lowest BCUT2D eigenvalue weighted by molar-refractivity contribution is -0.133. The Morgan fingerprint density at radius 1 is 1.57 bits per heavy atom. The Morgan fingerprint density at radius 3 is 3.07 bits per heavy atom. The molecule has 0 bridgehead atoms. The smallest absolute Gasteiger partial charge is 0.203 e. The first-order chi connectivity index (χ1) is 6.86. The number of ether oxygens (including phenoxy) is 2. The summed E-state index contributed by atoms with van der Waals surface area (Å²) in [5.41, 5.74) is 0. The second kappa shape index (κ2) is 3.98. The van der Waals surface area contributed by atoms with Crippen LogP contribution in [0.15, 0.2) is 12.4 Å². The maximum atomic E-state index is 5.27. The molecule has 2 heterocycles. The first kappa shape index (κ1) is 9.48. The van der Waals surface area contributed by atoms with Gasteiger partial charge in [-0.3, -0.25) is 0 Å². The highest BCUT2D eigenvalue weighted by molar-refractivity contribution is 5.29. The van der Waals surface area contributed by atoms with Gasteiger partial charge in [-0.15, -0.1) is 0 Å². The molecule has 0 radical (unpaired) electrons. The lowest BCUT2D eigenvalue weighted by Gasteiger charge is -2.30. The minimum absolute atomic E-state index is 0.204. The maximum Gasteiger partial charge on any atom is 0.203 e. The fourth-order valence-electron chi connectivity index (χ4n) is 1.87. The van der Waals surface area contributed by atoms with Crippen LogP contribution < -0.4 is 5.32 Å². The van der Waals surface area contributed by atoms with Crippen molar-refractivity contribution in [3.05, 3.63) is 12.4 Å². The van der Waals surface area contributed by atoms with Crippen molar-refractivity contribution in [1.82, 2.24) is 9.55 Å². The molecule has 0 aromatic carbocycles. The highest BCUT2D eigenvalue weighted by Crippen LogP contribution is 2.26. The number of methoxy groups -OCH3 is 2. The summed E-state index contributed by atoms with van der Waals surface area (Å²) in [6.45, 7) is 0.908. The van der Waals surface area contributed by atoms with Gasteiger partial charge in [-0.1, -0.05) is 0 Å². The molecule has 1 atom stereocenters. The first-order valence-corrected chi connectivity index (χ1v) is 4.69. The summed E-state index contributed by atoms with van der Waals surface area (Å²) in [7, 11) is 3.32. The number of anilines is 1. The van der Waals surface area contributed by atoms with E-state index in [9.17, 15) is 0 Å². The molecule has 78 valence electrons. The Hall–Kier alpha value is -1.07. The summed E-state index contributed by atoms with van der Waals surface area (Å²) >= 11 is 0. The van der Waals surface area contributed by atoms with Crippen LogP contribution in [-0.2, 0) is 9.47 Å². The number of aromatic nitrogens is 2. The van der Waals surface area contributed by atoms with Gasteiger partial charge in [0.2, 0.25) is 5.95 Å². The van der Waals surface area contributed by atoms with Crippen molar-refractivity contribution in [1.29, 1.82) is 0 Å². The van der Waals surface area contributed by atoms with E-state index in [0.29, 0.717) is 0 Å². The summed E-state index contributed by atoms with van der Waals surface area (Å²) in [6, 6.07) is 0.212. The highest BCUT2D eigenvalue weighted by atomic mass is 16.7. The van der Waals surface area contributed by atoms with Crippen molar-refractivity contribution in [2.75, 3.05) is 26.1 Å². The molecule has 14 heavy (non-hydrogen) atoms. The molecular weight excluding hydrogens is 182 g/mol. The number of imidazole rings is 1. The van der Waals surface area contributed by atoms with E-state index in [1.807, 2.05) is 6.20 Å². The molecule has 0 amide bonds. The van der Waals surface area contributed by atoms with Crippen molar-refractivity contribution in [3.63, 3.8) is 0 Å². The second-order valence-corrected chi connectivity index (χ2v) is 3.28. The van der Waals surface area contributed by atoms with Gasteiger partial charge in [0.1, 0.15) is 0 Å². The Morgan fingerprint density at radius 2 is 2.36 bits per heavy atom. The van der Waals surface area contributed by atoms with Crippen molar-refractivity contribution >= 4 is 5.95 Å². The lowest BCUT2D eigenvalue weighted by atomic mass is 10.1. The van der Waals surface area contributed by atoms with E-state index < -0.39 is 0 Å². The first-order valence-electron chi connectivity index (χ1n) is 4.69. The number of hydrogen-bond donors (Lipinski definition) is 1. The van der Waals surface area contributed by atoms with E-state index in [4.69, 9.17) is 9.47 Å². The summed E-state index contributed by atoms with van der Waals surface area (Å²) in [4.78, 5) is 4.20. The van der Waals surface area contributed by atoms with Crippen LogP contribution in [-0.4, -0.2) is 36.6 Å². The molecule has 1 aromatic rings. The molecular formula is C9H15N3O2. The fourth-order valence-corrected chi connectivity index (χ4v) is 1.87. The van der Waals surface area contributed by atoms with Gasteiger partial charge < -0.3 is 19.4 Å². The Balaban J connectivity index is 2.22. The van der Waals surface area contributed by atoms with Gasteiger partial charge in [0, 0.05) is 33.2 Å². The molecule has 0 fully saturated rings. The van der Waals surface area contributed by atoms with E-state index in [1.165, 1.54) is 0 Å². The fraction of sp³-hybridized carbons (Fsp3) is 0.667. The largest absolute Gasteiger partial charge is 0.356 e. The van der Waals surface area contributed by atoms with E-state index in [2.05, 4.69) is 14.9 Å². The quantitative estimate of drug-likeness (QED) is 0.730. The van der Waals surface area contributed by atoms with E-state index in [-0.39, 0.29) is 12.3 Å². The van der Waals surface area contributed by atoms with Crippen LogP contribution in [0.5, 0.6) is 0 Å². The molecule has 2 rings (SSSR count). The van der Waals surface area contributed by atoms with Gasteiger partial charge in [0.15, 0.2) is 6.29 Å². The third-order valence-electron chi connectivity index (χ3n) is 2.53. The van der Waals surface area contributed by atoms with Gasteiger partial charge >= 0.3 is 0 Å². The minimum Gasteiger partial charge on any atom is -0.356 e. The SMILES string of the molecule is COC(OC)C1CCNc2nccn21. The van der Waals surface area contributed by atoms with Crippen molar-refractivity contribution in [2.24, 2.45) is 0 Å². The zero-order valence-electron chi connectivity index (χ0n) is 8.43. The minimum atomic E-state index is -0.204. The molecule has 1 aliphatic heterocycles.